The number of hydrogen-bond acceptors (Lipinski definition) is 20. The number of aromatic amines is 1. The van der Waals surface area contributed by atoms with E-state index in [0.717, 1.165) is 6.33 Å². The number of nitrogen functional groups attached to an aromatic ring is 1. The molecule has 2 aliphatic heterocycles. The molecule has 49 heavy (non-hydrogen) atoms. The van der Waals surface area contributed by atoms with E-state index in [-0.39, 0.29) is 36.4 Å². The summed E-state index contributed by atoms with van der Waals surface area (Å²) in [6, 6.07) is 0. The number of aliphatic hydroxyl groups is 1. The van der Waals surface area contributed by atoms with Crippen LogP contribution in [0.5, 0.6) is 0 Å². The van der Waals surface area contributed by atoms with Gasteiger partial charge in [0.1, 0.15) is 12.3 Å². The summed E-state index contributed by atoms with van der Waals surface area (Å²) in [5.41, 5.74) is 4.65. The van der Waals surface area contributed by atoms with Crippen molar-refractivity contribution in [3.63, 3.8) is 0 Å². The topological polar surface area (TPSA) is 419 Å². The summed E-state index contributed by atoms with van der Waals surface area (Å²) in [5, 5.41) is 13.2. The second kappa shape index (κ2) is 15.1. The normalized spacial score (nSPS) is 28.1. The summed E-state index contributed by atoms with van der Waals surface area (Å²) < 4.78 is 107. The van der Waals surface area contributed by atoms with Crippen LogP contribution in [-0.2, 0) is 62.7 Å². The maximum atomic E-state index is 12.3. The summed E-state index contributed by atoms with van der Waals surface area (Å²) in [6.07, 6.45) is -3.72. The molecule has 0 amide bonds. The molecule has 11 N–H and O–H groups in total. The lowest BCUT2D eigenvalue weighted by Crippen LogP contribution is -2.32. The fraction of sp³-hybridized carbons (Fsp3) is 0.667. The van der Waals surface area contributed by atoms with Crippen molar-refractivity contribution in [3.8, 4) is 0 Å². The van der Waals surface area contributed by atoms with E-state index in [1.165, 1.54) is 4.57 Å². The van der Waals surface area contributed by atoms with Crippen LogP contribution in [0.1, 0.15) is 25.5 Å². The van der Waals surface area contributed by atoms with Crippen LogP contribution in [0.25, 0.3) is 11.2 Å². The first kappa shape index (κ1) is 40.7. The highest BCUT2D eigenvalue weighted by molar-refractivity contribution is 7.72. The fourth-order valence-electron chi connectivity index (χ4n) is 4.20. The number of phosphoric ester groups is 2. The summed E-state index contributed by atoms with van der Waals surface area (Å²) in [7, 11) is -36.5. The molecule has 4 rings (SSSR count). The lowest BCUT2D eigenvalue weighted by Gasteiger charge is -2.25. The summed E-state index contributed by atoms with van der Waals surface area (Å²) in [6.45, 7) is -0.381. The van der Waals surface area contributed by atoms with Crippen LogP contribution >= 0.6 is 46.9 Å². The molecule has 2 fully saturated rings. The van der Waals surface area contributed by atoms with Crippen LogP contribution in [0.4, 0.5) is 5.95 Å². The standard InChI is InChI=1S/C15H28N6O22P6/c16-15-19-13-12(14(23)20-15)18-7-21(13)11-5-9(22)10(37-11)6-36-44(24,25)39-46(28,29)41-48(32,33)43-49(34,35)42-47(30,31)40-45(26,27)38-8-1-3-17-4-2-8/h7-11,17,22H,1-6H2,(H,24,25)(H,26,27)(H,28,29)(H,30,31)(H,32,33)(H,34,35)(H3,16,19,20,23)/t9?,10-,11-/m1/s1. The molecular formula is C15H28N6O22P6. The van der Waals surface area contributed by atoms with Crippen molar-refractivity contribution in [2.75, 3.05) is 25.4 Å². The first-order chi connectivity index (χ1) is 22.4. The second-order valence-corrected chi connectivity index (χ2v) is 19.1. The van der Waals surface area contributed by atoms with Crippen molar-refractivity contribution in [2.45, 2.75) is 43.8 Å². The van der Waals surface area contributed by atoms with E-state index in [9.17, 15) is 66.7 Å². The van der Waals surface area contributed by atoms with Crippen molar-refractivity contribution in [1.29, 1.82) is 0 Å². The van der Waals surface area contributed by atoms with Crippen molar-refractivity contribution < 1.29 is 97.2 Å². The summed E-state index contributed by atoms with van der Waals surface area (Å²) in [5.74, 6) is -0.270. The van der Waals surface area contributed by atoms with Crippen LogP contribution in [0.2, 0.25) is 0 Å². The zero-order chi connectivity index (χ0) is 36.6. The minimum atomic E-state index is -6.44. The van der Waals surface area contributed by atoms with Crippen LogP contribution < -0.4 is 16.6 Å². The number of anilines is 1. The molecule has 4 heterocycles. The molecule has 28 nitrogen and oxygen atoms in total. The van der Waals surface area contributed by atoms with Gasteiger partial charge in [0, 0.05) is 6.42 Å². The van der Waals surface area contributed by atoms with E-state index in [0.29, 0.717) is 13.1 Å². The Morgan fingerprint density at radius 2 is 1.37 bits per heavy atom. The average molecular weight is 830 g/mol. The number of aliphatic hydroxyl groups excluding tert-OH is 1. The van der Waals surface area contributed by atoms with E-state index in [4.69, 9.17) is 10.5 Å². The van der Waals surface area contributed by atoms with Gasteiger partial charge in [-0.2, -0.15) is 26.5 Å². The Labute approximate surface area is 272 Å². The van der Waals surface area contributed by atoms with Gasteiger partial charge < -0.3 is 50.3 Å². The molecule has 2 saturated heterocycles. The minimum Gasteiger partial charge on any atom is -0.390 e. The van der Waals surface area contributed by atoms with Gasteiger partial charge in [-0.1, -0.05) is 0 Å². The zero-order valence-corrected chi connectivity index (χ0v) is 29.4. The smallest absolute Gasteiger partial charge is 0.390 e. The van der Waals surface area contributed by atoms with Crippen LogP contribution in [0.3, 0.4) is 0 Å². The predicted octanol–water partition coefficient (Wildman–Crippen LogP) is -0.179. The Morgan fingerprint density at radius 1 is 0.857 bits per heavy atom. The van der Waals surface area contributed by atoms with Gasteiger partial charge >= 0.3 is 46.9 Å². The number of ether oxygens (including phenoxy) is 1. The van der Waals surface area contributed by atoms with Gasteiger partial charge in [0.05, 0.1) is 25.1 Å². The van der Waals surface area contributed by atoms with Crippen LogP contribution in [0.15, 0.2) is 11.1 Å². The predicted molar refractivity (Wildman–Crippen MR) is 154 cm³/mol. The first-order valence-corrected chi connectivity index (χ1v) is 22.0. The number of aromatic nitrogens is 4. The van der Waals surface area contributed by atoms with E-state index in [1.807, 2.05) is 0 Å². The molecule has 0 spiro atoms. The molecule has 0 aromatic carbocycles. The number of fused-ring (bicyclic) bond motifs is 1. The number of hydrogen-bond donors (Lipinski definition) is 10. The molecule has 2 aromatic rings. The molecule has 2 aliphatic rings. The van der Waals surface area contributed by atoms with Crippen molar-refractivity contribution in [1.82, 2.24) is 24.8 Å². The Morgan fingerprint density at radius 3 is 1.92 bits per heavy atom. The number of nitrogens with two attached hydrogens (primary N) is 1. The van der Waals surface area contributed by atoms with Crippen LogP contribution in [-0.4, -0.2) is 92.0 Å². The lowest BCUT2D eigenvalue weighted by molar-refractivity contribution is -0.0423. The number of imidazole rings is 1. The van der Waals surface area contributed by atoms with Gasteiger partial charge in [0.2, 0.25) is 5.95 Å². The zero-order valence-electron chi connectivity index (χ0n) is 24.0. The number of rotatable bonds is 16. The molecule has 0 saturated carbocycles. The molecule has 280 valence electrons. The molecular weight excluding hydrogens is 802 g/mol. The lowest BCUT2D eigenvalue weighted by atomic mass is 10.1. The molecule has 2 aromatic heterocycles. The Balaban J connectivity index is 1.30. The van der Waals surface area contributed by atoms with E-state index in [2.05, 4.69) is 50.9 Å². The van der Waals surface area contributed by atoms with Gasteiger partial charge in [-0.15, -0.1) is 0 Å². The largest absolute Gasteiger partial charge is 0.490 e. The Bertz CT molecular complexity index is 1880. The molecule has 0 bridgehead atoms. The Kier molecular flexibility index (Phi) is 12.5. The Hall–Kier alpha value is -1.11. The summed E-state index contributed by atoms with van der Waals surface area (Å²) >= 11 is 0. The van der Waals surface area contributed by atoms with Gasteiger partial charge in [-0.3, -0.25) is 23.4 Å². The fourth-order valence-corrected chi connectivity index (χ4v) is 12.2. The number of piperidine rings is 1. The van der Waals surface area contributed by atoms with Crippen LogP contribution in [0, 0.1) is 0 Å². The number of phosphoric acid groups is 6. The van der Waals surface area contributed by atoms with Gasteiger partial charge in [-0.05, 0) is 25.9 Å². The maximum absolute atomic E-state index is 12.3. The second-order valence-electron chi connectivity index (χ2n) is 9.78. The first-order valence-electron chi connectivity index (χ1n) is 13.0. The summed E-state index contributed by atoms with van der Waals surface area (Å²) in [4.78, 5) is 80.0. The third-order valence-corrected chi connectivity index (χ3v) is 15.3. The van der Waals surface area contributed by atoms with Crippen molar-refractivity contribution in [2.24, 2.45) is 0 Å². The minimum absolute atomic E-state index is 0.0487. The highest BCUT2D eigenvalue weighted by Gasteiger charge is 2.50. The van der Waals surface area contributed by atoms with E-state index >= 15 is 0 Å². The maximum Gasteiger partial charge on any atom is 0.490 e. The molecule has 0 radical (unpaired) electrons. The van der Waals surface area contributed by atoms with E-state index < -0.39 is 83.6 Å². The SMILES string of the molecule is Nc1nc2c(ncn2[C@H]2CC(O)[C@@H](COP(=O)(O)OP(=O)(O)OP(=O)(O)OP(=O)(O)OP(=O)(O)OP(=O)(O)OC3CCNCC3)O2)c(=O)[nH]1. The third kappa shape index (κ3) is 12.0. The highest BCUT2D eigenvalue weighted by Crippen LogP contribution is 2.75. The molecule has 7 unspecified atom stereocenters. The van der Waals surface area contributed by atoms with Gasteiger partial charge in [-0.25, -0.2) is 32.4 Å². The number of H-pyrrole nitrogens is 1. The quantitative estimate of drug-likeness (QED) is 0.0981. The molecule has 0 aliphatic carbocycles. The molecule has 34 heteroatoms. The van der Waals surface area contributed by atoms with Crippen molar-refractivity contribution in [3.05, 3.63) is 16.7 Å². The van der Waals surface area contributed by atoms with E-state index in [1.54, 1.807) is 0 Å². The van der Waals surface area contributed by atoms with Crippen molar-refractivity contribution >= 4 is 64.0 Å². The van der Waals surface area contributed by atoms with Gasteiger partial charge in [0.25, 0.3) is 5.56 Å². The van der Waals surface area contributed by atoms with Gasteiger partial charge in [0.15, 0.2) is 11.2 Å². The third-order valence-electron chi connectivity index (χ3n) is 5.97. The number of nitrogens with one attached hydrogen (secondary N) is 2. The monoisotopic (exact) mass is 830 g/mol. The highest BCUT2D eigenvalue weighted by atomic mass is 31.3. The molecule has 9 atom stereocenters. The number of nitrogens with zero attached hydrogens (tertiary/aromatic N) is 3. The average Bonchev–Trinajstić information content (AvgIpc) is 3.47.